The number of ketones is 1. The summed E-state index contributed by atoms with van der Waals surface area (Å²) < 4.78 is 6.02. The fourth-order valence-electron chi connectivity index (χ4n) is 3.10. The van der Waals surface area contributed by atoms with E-state index in [1.54, 1.807) is 0 Å². The molecule has 134 valence electrons. The van der Waals surface area contributed by atoms with Gasteiger partial charge in [0, 0.05) is 17.0 Å². The van der Waals surface area contributed by atoms with Crippen LogP contribution in [0.4, 0.5) is 0 Å². The highest BCUT2D eigenvalue weighted by Gasteiger charge is 2.36. The summed E-state index contributed by atoms with van der Waals surface area (Å²) >= 11 is 0. The number of carbonyl (C=O) groups excluding carboxylic acids is 1. The summed E-state index contributed by atoms with van der Waals surface area (Å²) in [7, 11) is 0. The lowest BCUT2D eigenvalue weighted by Crippen LogP contribution is -2.34. The molecule has 0 spiro atoms. The van der Waals surface area contributed by atoms with E-state index >= 15 is 0 Å². The van der Waals surface area contributed by atoms with Gasteiger partial charge in [-0.2, -0.15) is 0 Å². The third-order valence-electron chi connectivity index (χ3n) is 4.69. The van der Waals surface area contributed by atoms with Crippen LogP contribution in [0, 0.1) is 11.8 Å². The van der Waals surface area contributed by atoms with Gasteiger partial charge in [-0.05, 0) is 45.4 Å². The number of aromatic hydroxyl groups is 2. The molecule has 0 fully saturated rings. The number of hydrogen-bond acceptors (Lipinski definition) is 4. The average molecular weight is 334 g/mol. The van der Waals surface area contributed by atoms with Crippen molar-refractivity contribution in [3.05, 3.63) is 16.7 Å². The van der Waals surface area contributed by atoms with Crippen LogP contribution in [0.5, 0.6) is 17.2 Å². The zero-order valence-corrected chi connectivity index (χ0v) is 15.7. The van der Waals surface area contributed by atoms with Crippen LogP contribution in [0.2, 0.25) is 0 Å². The summed E-state index contributed by atoms with van der Waals surface area (Å²) in [4.78, 5) is 12.7. The van der Waals surface area contributed by atoms with Gasteiger partial charge < -0.3 is 14.9 Å². The van der Waals surface area contributed by atoms with E-state index in [4.69, 9.17) is 4.74 Å². The van der Waals surface area contributed by atoms with Gasteiger partial charge in [0.1, 0.15) is 28.4 Å². The Morgan fingerprint density at radius 1 is 1.17 bits per heavy atom. The smallest absolute Gasteiger partial charge is 0.172 e. The minimum absolute atomic E-state index is 0.0963. The largest absolute Gasteiger partial charge is 0.507 e. The van der Waals surface area contributed by atoms with E-state index in [1.807, 2.05) is 27.7 Å². The fourth-order valence-corrected chi connectivity index (χ4v) is 3.10. The molecule has 1 aliphatic heterocycles. The number of fused-ring (bicyclic) bond motifs is 1. The minimum Gasteiger partial charge on any atom is -0.507 e. The number of hydrogen-bond donors (Lipinski definition) is 2. The summed E-state index contributed by atoms with van der Waals surface area (Å²) in [6.07, 6.45) is 2.78. The molecular weight excluding hydrogens is 304 g/mol. The number of phenols is 2. The normalized spacial score (nSPS) is 16.2. The first-order chi connectivity index (χ1) is 11.0. The number of carbonyl (C=O) groups is 1. The Morgan fingerprint density at radius 3 is 2.33 bits per heavy atom. The first kappa shape index (κ1) is 18.6. The molecule has 1 aromatic rings. The van der Waals surface area contributed by atoms with Crippen LogP contribution >= 0.6 is 0 Å². The molecule has 0 unspecified atom stereocenters. The van der Waals surface area contributed by atoms with Crippen molar-refractivity contribution in [2.45, 2.75) is 72.8 Å². The lowest BCUT2D eigenvalue weighted by molar-refractivity contribution is 0.0775. The van der Waals surface area contributed by atoms with Crippen LogP contribution in [-0.4, -0.2) is 21.6 Å². The molecule has 0 bridgehead atoms. The molecule has 0 radical (unpaired) electrons. The summed E-state index contributed by atoms with van der Waals surface area (Å²) in [5.74, 6) is 0.401. The molecule has 0 aliphatic carbocycles. The monoisotopic (exact) mass is 334 g/mol. The van der Waals surface area contributed by atoms with E-state index in [0.29, 0.717) is 35.6 Å². The Kier molecular flexibility index (Phi) is 5.17. The van der Waals surface area contributed by atoms with Gasteiger partial charge in [-0.25, -0.2) is 0 Å². The summed E-state index contributed by atoms with van der Waals surface area (Å²) in [6.45, 7) is 11.7. The van der Waals surface area contributed by atoms with E-state index in [0.717, 1.165) is 12.8 Å². The van der Waals surface area contributed by atoms with Gasteiger partial charge >= 0.3 is 0 Å². The number of rotatable bonds is 5. The number of benzene rings is 1. The zero-order valence-electron chi connectivity index (χ0n) is 15.7. The van der Waals surface area contributed by atoms with Gasteiger partial charge in [-0.3, -0.25) is 4.79 Å². The highest BCUT2D eigenvalue weighted by atomic mass is 16.5. The van der Waals surface area contributed by atoms with E-state index in [9.17, 15) is 15.0 Å². The number of Topliss-reactive ketones (excluding diaryl/α,β-unsaturated/α-hetero) is 1. The van der Waals surface area contributed by atoms with Crippen molar-refractivity contribution >= 4 is 5.78 Å². The van der Waals surface area contributed by atoms with Crippen LogP contribution in [0.25, 0.3) is 0 Å². The zero-order chi connectivity index (χ0) is 18.2. The van der Waals surface area contributed by atoms with Crippen LogP contribution in [0.15, 0.2) is 0 Å². The predicted octanol–water partition coefficient (Wildman–Crippen LogP) is 4.63. The number of phenolic OH excluding ortho intramolecular Hbond substituents is 2. The molecule has 4 heteroatoms. The van der Waals surface area contributed by atoms with Crippen molar-refractivity contribution in [1.29, 1.82) is 0 Å². The van der Waals surface area contributed by atoms with Crippen LogP contribution in [-0.2, 0) is 12.8 Å². The SMILES string of the molecule is CC(C)CCc1c(O)c2c(c(C(=O)C(C)C)c1O)OC(C)(C)CC2. The summed E-state index contributed by atoms with van der Waals surface area (Å²) in [5, 5.41) is 21.5. The molecule has 1 aromatic carbocycles. The Balaban J connectivity index is 2.66. The van der Waals surface area contributed by atoms with Crippen molar-refractivity contribution in [2.75, 3.05) is 0 Å². The van der Waals surface area contributed by atoms with Crippen LogP contribution < -0.4 is 4.74 Å². The van der Waals surface area contributed by atoms with Gasteiger partial charge in [0.2, 0.25) is 0 Å². The quantitative estimate of drug-likeness (QED) is 0.771. The van der Waals surface area contributed by atoms with Gasteiger partial charge in [-0.1, -0.05) is 27.7 Å². The molecule has 1 heterocycles. The first-order valence-electron chi connectivity index (χ1n) is 8.88. The molecule has 2 rings (SSSR count). The Hall–Kier alpha value is -1.71. The molecule has 0 atom stereocenters. The second-order valence-electron chi connectivity index (χ2n) is 8.17. The molecule has 0 saturated heterocycles. The maximum Gasteiger partial charge on any atom is 0.172 e. The molecule has 24 heavy (non-hydrogen) atoms. The summed E-state index contributed by atoms with van der Waals surface area (Å²) in [6, 6.07) is 0. The molecule has 1 aliphatic rings. The van der Waals surface area contributed by atoms with Gasteiger partial charge in [0.15, 0.2) is 5.78 Å². The van der Waals surface area contributed by atoms with E-state index in [-0.39, 0.29) is 28.8 Å². The second-order valence-corrected chi connectivity index (χ2v) is 8.17. The summed E-state index contributed by atoms with van der Waals surface area (Å²) in [5.41, 5.74) is 0.964. The second kappa shape index (κ2) is 6.66. The maximum atomic E-state index is 12.7. The van der Waals surface area contributed by atoms with E-state index in [2.05, 4.69) is 13.8 Å². The Labute approximate surface area is 144 Å². The highest BCUT2D eigenvalue weighted by Crippen LogP contribution is 2.48. The van der Waals surface area contributed by atoms with Crippen molar-refractivity contribution < 1.29 is 19.7 Å². The standard InChI is InChI=1S/C20H30O4/c1-11(2)7-8-13-17(22)14-9-10-20(5,6)24-19(14)15(18(13)23)16(21)12(3)4/h11-12,22-23H,7-10H2,1-6H3. The van der Waals surface area contributed by atoms with Crippen molar-refractivity contribution in [2.24, 2.45) is 11.8 Å². The Morgan fingerprint density at radius 2 is 1.79 bits per heavy atom. The van der Waals surface area contributed by atoms with Crippen LogP contribution in [0.3, 0.4) is 0 Å². The lowest BCUT2D eigenvalue weighted by atomic mass is 9.85. The Bertz CT molecular complexity index is 642. The van der Waals surface area contributed by atoms with Crippen molar-refractivity contribution in [1.82, 2.24) is 0 Å². The molecule has 4 nitrogen and oxygen atoms in total. The van der Waals surface area contributed by atoms with Gasteiger partial charge in [0.25, 0.3) is 0 Å². The average Bonchev–Trinajstić information content (AvgIpc) is 2.45. The predicted molar refractivity (Wildman–Crippen MR) is 95.1 cm³/mol. The molecule has 0 aromatic heterocycles. The van der Waals surface area contributed by atoms with Crippen molar-refractivity contribution in [3.63, 3.8) is 0 Å². The lowest BCUT2D eigenvalue weighted by Gasteiger charge is -2.35. The first-order valence-corrected chi connectivity index (χ1v) is 8.88. The van der Waals surface area contributed by atoms with Gasteiger partial charge in [-0.15, -0.1) is 0 Å². The van der Waals surface area contributed by atoms with E-state index < -0.39 is 5.60 Å². The fraction of sp³-hybridized carbons (Fsp3) is 0.650. The molecular formula is C20H30O4. The molecule has 0 saturated carbocycles. The number of ether oxygens (including phenoxy) is 1. The third-order valence-corrected chi connectivity index (χ3v) is 4.69. The maximum absolute atomic E-state index is 12.7. The molecule has 2 N–H and O–H groups in total. The highest BCUT2D eigenvalue weighted by molar-refractivity contribution is 6.03. The van der Waals surface area contributed by atoms with Crippen molar-refractivity contribution in [3.8, 4) is 17.2 Å². The van der Waals surface area contributed by atoms with Crippen LogP contribution in [0.1, 0.15) is 75.9 Å². The van der Waals surface area contributed by atoms with Gasteiger partial charge in [0.05, 0.1) is 0 Å². The minimum atomic E-state index is -0.419. The van der Waals surface area contributed by atoms with E-state index in [1.165, 1.54) is 0 Å². The molecule has 0 amide bonds. The topological polar surface area (TPSA) is 66.8 Å². The third kappa shape index (κ3) is 3.52.